The van der Waals surface area contributed by atoms with Crippen molar-refractivity contribution in [3.63, 3.8) is 0 Å². The predicted molar refractivity (Wildman–Crippen MR) is 136 cm³/mol. The highest BCUT2D eigenvalue weighted by Crippen LogP contribution is 2.61. The smallest absolute Gasteiger partial charge is 0.303 e. The summed E-state index contributed by atoms with van der Waals surface area (Å²) in [6.07, 6.45) is -0.920. The van der Waals surface area contributed by atoms with Gasteiger partial charge >= 0.3 is 5.97 Å². The van der Waals surface area contributed by atoms with Gasteiger partial charge in [0.05, 0.1) is 23.0 Å². The Kier molecular flexibility index (Phi) is 7.75. The summed E-state index contributed by atoms with van der Waals surface area (Å²) in [6, 6.07) is 0. The average Bonchev–Trinajstić information content (AvgIpc) is 2.74. The van der Waals surface area contributed by atoms with Gasteiger partial charge in [0, 0.05) is 36.0 Å². The van der Waals surface area contributed by atoms with E-state index < -0.39 is 70.0 Å². The standard InChI is InChI=1S/C25H38O8S2/c1-12-9-22(4,5)25(31,10-16(12)28)20(33-14(3)27)18-23(6,19(29)13(2)26)15(21(34)35-7)8-17-24(18,30)11-32-17/h9,13,15-18,20,26,28,30-31H,8,10-11H2,1-7H3/t13-,15-,16+,17-,18+,20+,23-,24+,25-/m1/s1. The van der Waals surface area contributed by atoms with E-state index in [2.05, 4.69) is 0 Å². The predicted octanol–water partition coefficient (Wildman–Crippen LogP) is 1.80. The number of ketones is 1. The van der Waals surface area contributed by atoms with Crippen molar-refractivity contribution in [2.45, 2.75) is 90.0 Å². The third-order valence-corrected chi connectivity index (χ3v) is 10.1. The molecule has 0 aromatic rings. The Hall–Kier alpha value is -0.880. The van der Waals surface area contributed by atoms with Crippen LogP contribution < -0.4 is 0 Å². The number of aliphatic hydroxyl groups is 4. The van der Waals surface area contributed by atoms with E-state index >= 15 is 0 Å². The molecule has 198 valence electrons. The maximum absolute atomic E-state index is 13.8. The fourth-order valence-corrected chi connectivity index (χ4v) is 7.54. The molecule has 0 radical (unpaired) electrons. The van der Waals surface area contributed by atoms with Gasteiger partial charge in [-0.05, 0) is 32.1 Å². The highest BCUT2D eigenvalue weighted by Gasteiger charge is 2.73. The van der Waals surface area contributed by atoms with Crippen molar-refractivity contribution in [2.75, 3.05) is 12.9 Å². The lowest BCUT2D eigenvalue weighted by atomic mass is 9.46. The molecule has 9 atom stereocenters. The number of rotatable bonds is 6. The van der Waals surface area contributed by atoms with Gasteiger partial charge < -0.3 is 29.9 Å². The number of esters is 1. The normalized spacial score (nSPS) is 42.1. The lowest BCUT2D eigenvalue weighted by Crippen LogP contribution is -2.78. The molecule has 0 spiro atoms. The number of hydrogen-bond acceptors (Lipinski definition) is 10. The van der Waals surface area contributed by atoms with Crippen molar-refractivity contribution < 1.29 is 39.5 Å². The van der Waals surface area contributed by atoms with Crippen LogP contribution in [0.3, 0.4) is 0 Å². The molecule has 0 amide bonds. The van der Waals surface area contributed by atoms with Crippen LogP contribution in [0.2, 0.25) is 0 Å². The van der Waals surface area contributed by atoms with Crippen molar-refractivity contribution in [1.29, 1.82) is 0 Å². The van der Waals surface area contributed by atoms with Gasteiger partial charge in [-0.25, -0.2) is 0 Å². The largest absolute Gasteiger partial charge is 0.459 e. The molecule has 1 heterocycles. The molecule has 3 aliphatic rings. The minimum Gasteiger partial charge on any atom is -0.459 e. The van der Waals surface area contributed by atoms with Gasteiger partial charge in [0.2, 0.25) is 0 Å². The van der Waals surface area contributed by atoms with E-state index in [1.165, 1.54) is 25.6 Å². The first kappa shape index (κ1) is 28.7. The van der Waals surface area contributed by atoms with Crippen molar-refractivity contribution in [2.24, 2.45) is 22.7 Å². The third kappa shape index (κ3) is 4.32. The number of fused-ring (bicyclic) bond motifs is 1. The zero-order valence-corrected chi connectivity index (χ0v) is 23.0. The summed E-state index contributed by atoms with van der Waals surface area (Å²) in [5.41, 5.74) is -5.33. The lowest BCUT2D eigenvalue weighted by Gasteiger charge is -2.65. The molecule has 35 heavy (non-hydrogen) atoms. The molecule has 4 N–H and O–H groups in total. The van der Waals surface area contributed by atoms with Gasteiger partial charge in [-0.2, -0.15) is 0 Å². The number of Topliss-reactive ketones (excluding diaryl/α,β-unsaturated/α-hetero) is 1. The molecule has 0 bridgehead atoms. The molecule has 3 rings (SSSR count). The second-order valence-corrected chi connectivity index (χ2v) is 12.7. The molecule has 2 fully saturated rings. The Labute approximate surface area is 216 Å². The second-order valence-electron chi connectivity index (χ2n) is 11.2. The van der Waals surface area contributed by atoms with Gasteiger partial charge in [-0.15, -0.1) is 11.8 Å². The van der Waals surface area contributed by atoms with Crippen molar-refractivity contribution in [1.82, 2.24) is 0 Å². The molecule has 1 saturated heterocycles. The van der Waals surface area contributed by atoms with Gasteiger partial charge in [0.1, 0.15) is 23.4 Å². The second kappa shape index (κ2) is 9.45. The van der Waals surface area contributed by atoms with E-state index in [1.807, 2.05) is 0 Å². The van der Waals surface area contributed by atoms with Crippen LogP contribution in [0.4, 0.5) is 0 Å². The number of carbonyl (C=O) groups excluding carboxylic acids is 2. The summed E-state index contributed by atoms with van der Waals surface area (Å²) in [6.45, 7) is 9.33. The molecular formula is C25H38O8S2. The van der Waals surface area contributed by atoms with Gasteiger partial charge in [0.15, 0.2) is 5.78 Å². The van der Waals surface area contributed by atoms with Crippen LogP contribution in [0.25, 0.3) is 0 Å². The topological polar surface area (TPSA) is 134 Å². The van der Waals surface area contributed by atoms with Crippen LogP contribution >= 0.6 is 24.0 Å². The van der Waals surface area contributed by atoms with Crippen LogP contribution in [-0.2, 0) is 19.1 Å². The first-order valence-electron chi connectivity index (χ1n) is 11.9. The fourth-order valence-electron chi connectivity index (χ4n) is 6.58. The summed E-state index contributed by atoms with van der Waals surface area (Å²) in [5, 5.41) is 45.4. The fraction of sp³-hybridized carbons (Fsp3) is 0.800. The van der Waals surface area contributed by atoms with Crippen LogP contribution in [0.15, 0.2) is 11.6 Å². The van der Waals surface area contributed by atoms with Crippen molar-refractivity contribution in [3.05, 3.63) is 11.6 Å². The minimum absolute atomic E-state index is 0.130. The maximum Gasteiger partial charge on any atom is 0.303 e. The average molecular weight is 531 g/mol. The van der Waals surface area contributed by atoms with Crippen LogP contribution in [0, 0.1) is 22.7 Å². The number of aliphatic hydroxyl groups excluding tert-OH is 2. The molecule has 1 saturated carbocycles. The summed E-state index contributed by atoms with van der Waals surface area (Å²) >= 11 is 6.94. The summed E-state index contributed by atoms with van der Waals surface area (Å²) < 4.78 is 12.0. The van der Waals surface area contributed by atoms with Crippen LogP contribution in [0.5, 0.6) is 0 Å². The molecule has 0 aromatic heterocycles. The Morgan fingerprint density at radius 2 is 1.89 bits per heavy atom. The van der Waals surface area contributed by atoms with E-state index in [-0.39, 0.29) is 19.4 Å². The van der Waals surface area contributed by atoms with E-state index in [9.17, 15) is 30.0 Å². The Balaban J connectivity index is 2.32. The van der Waals surface area contributed by atoms with Crippen LogP contribution in [0.1, 0.15) is 54.4 Å². The minimum atomic E-state index is -1.86. The number of ether oxygens (including phenoxy) is 2. The Bertz CT molecular complexity index is 932. The molecule has 0 unspecified atom stereocenters. The van der Waals surface area contributed by atoms with E-state index in [1.54, 1.807) is 40.0 Å². The quantitative estimate of drug-likeness (QED) is 0.229. The summed E-state index contributed by atoms with van der Waals surface area (Å²) in [7, 11) is 0. The molecule has 0 aromatic carbocycles. The van der Waals surface area contributed by atoms with Gasteiger partial charge in [0.25, 0.3) is 0 Å². The van der Waals surface area contributed by atoms with Gasteiger partial charge in [-0.1, -0.05) is 39.1 Å². The third-order valence-electron chi connectivity index (χ3n) is 8.63. The Morgan fingerprint density at radius 3 is 2.34 bits per heavy atom. The molecule has 8 nitrogen and oxygen atoms in total. The lowest BCUT2D eigenvalue weighted by molar-refractivity contribution is -0.333. The summed E-state index contributed by atoms with van der Waals surface area (Å²) in [4.78, 5) is 26.2. The number of carbonyl (C=O) groups is 2. The highest BCUT2D eigenvalue weighted by molar-refractivity contribution is 8.22. The van der Waals surface area contributed by atoms with Crippen LogP contribution in [-0.4, -0.2) is 84.9 Å². The zero-order valence-electron chi connectivity index (χ0n) is 21.4. The Morgan fingerprint density at radius 1 is 1.29 bits per heavy atom. The first-order valence-corrected chi connectivity index (χ1v) is 13.5. The number of hydrogen-bond donors (Lipinski definition) is 4. The maximum atomic E-state index is 13.8. The highest BCUT2D eigenvalue weighted by atomic mass is 32.2. The SMILES string of the molecule is CSC(=S)[C@H]1C[C@H]2OC[C@@]2(O)[C@@H]([C@H](OC(C)=O)[C@]2(O)C[C@H](O)C(C)=CC2(C)C)[C@]1(C)C(=O)[C@@H](C)O. The van der Waals surface area contributed by atoms with Gasteiger partial charge in [-0.3, -0.25) is 9.59 Å². The molecule has 1 aliphatic heterocycles. The monoisotopic (exact) mass is 530 g/mol. The van der Waals surface area contributed by atoms with Crippen molar-refractivity contribution in [3.8, 4) is 0 Å². The van der Waals surface area contributed by atoms with E-state index in [0.29, 0.717) is 9.77 Å². The van der Waals surface area contributed by atoms with E-state index in [4.69, 9.17) is 21.7 Å². The molecule has 2 aliphatic carbocycles. The van der Waals surface area contributed by atoms with Crippen molar-refractivity contribution >= 4 is 39.9 Å². The number of thiocarbonyl (C=S) groups is 1. The number of thioether (sulfide) groups is 1. The zero-order chi connectivity index (χ0) is 26.7. The summed E-state index contributed by atoms with van der Waals surface area (Å²) in [5.74, 6) is -3.06. The molecular weight excluding hydrogens is 492 g/mol. The molecule has 10 heteroatoms. The first-order chi connectivity index (χ1) is 16.0. The van der Waals surface area contributed by atoms with E-state index in [0.717, 1.165) is 0 Å².